The van der Waals surface area contributed by atoms with Crippen molar-refractivity contribution in [3.8, 4) is 0 Å². The number of nitrogens with one attached hydrogen (secondary N) is 1. The highest BCUT2D eigenvalue weighted by atomic mass is 16.1. The zero-order chi connectivity index (χ0) is 22.8. The summed E-state index contributed by atoms with van der Waals surface area (Å²) in [6, 6.07) is 13.4. The van der Waals surface area contributed by atoms with Gasteiger partial charge in [0.05, 0.1) is 5.70 Å². The Morgan fingerprint density at radius 2 is 1.84 bits per heavy atom. The predicted octanol–water partition coefficient (Wildman–Crippen LogP) is 4.47. The number of amides is 1. The Balaban J connectivity index is 1.81. The van der Waals surface area contributed by atoms with Gasteiger partial charge in [0.25, 0.3) is 5.91 Å². The first-order valence-electron chi connectivity index (χ1n) is 10.0. The van der Waals surface area contributed by atoms with E-state index in [1.54, 1.807) is 18.5 Å². The summed E-state index contributed by atoms with van der Waals surface area (Å²) in [5.41, 5.74) is 11.6. The fraction of sp³-hybridized carbons (Fsp3) is 0.200. The van der Waals surface area contributed by atoms with Gasteiger partial charge in [0.1, 0.15) is 0 Å². The smallest absolute Gasteiger partial charge is 0.255 e. The Bertz CT molecular complexity index is 1150. The topological polar surface area (TPSA) is 99.0 Å². The summed E-state index contributed by atoms with van der Waals surface area (Å²) in [5.74, 6) is 6.11. The number of hydrogen-bond donors (Lipinski definition) is 3. The Kier molecular flexibility index (Phi) is 6.02. The first kappa shape index (κ1) is 21.9. The van der Waals surface area contributed by atoms with Crippen LogP contribution < -0.4 is 16.9 Å². The molecule has 0 unspecified atom stereocenters. The van der Waals surface area contributed by atoms with Crippen molar-refractivity contribution in [2.24, 2.45) is 5.73 Å². The zero-order valence-corrected chi connectivity index (χ0v) is 18.4. The number of hydrogen-bond acceptors (Lipinski definition) is 4. The molecule has 2 aromatic carbocycles. The van der Waals surface area contributed by atoms with E-state index in [9.17, 15) is 4.79 Å². The summed E-state index contributed by atoms with van der Waals surface area (Å²) in [6.07, 6.45) is 4.92. The van der Waals surface area contributed by atoms with E-state index in [1.165, 1.54) is 10.2 Å². The highest BCUT2D eigenvalue weighted by molar-refractivity contribution is 6.05. The number of nitrogens with zero attached hydrogens (tertiary/aromatic N) is 2. The number of rotatable bonds is 5. The van der Waals surface area contributed by atoms with Crippen LogP contribution in [-0.4, -0.2) is 15.6 Å². The number of allylic oxidation sites excluding steroid dienone is 2. The predicted molar refractivity (Wildman–Crippen MR) is 128 cm³/mol. The van der Waals surface area contributed by atoms with Gasteiger partial charge >= 0.3 is 0 Å². The quantitative estimate of drug-likeness (QED) is 0.423. The average Bonchev–Trinajstić information content (AvgIpc) is 3.15. The molecule has 0 saturated heterocycles. The lowest BCUT2D eigenvalue weighted by Crippen LogP contribution is -2.15. The van der Waals surface area contributed by atoms with Crippen LogP contribution in [0.15, 0.2) is 67.5 Å². The molecule has 0 aliphatic rings. The minimum atomic E-state index is -0.161. The highest BCUT2D eigenvalue weighted by Gasteiger charge is 2.15. The molecule has 0 fully saturated rings. The minimum Gasteiger partial charge on any atom is -0.396 e. The van der Waals surface area contributed by atoms with Crippen LogP contribution in [0, 0.1) is 6.92 Å². The molecular weight excluding hydrogens is 386 g/mol. The number of imidazole rings is 1. The van der Waals surface area contributed by atoms with Gasteiger partial charge in [0, 0.05) is 23.6 Å². The molecule has 0 aliphatic heterocycles. The van der Waals surface area contributed by atoms with Crippen LogP contribution in [0.25, 0.3) is 11.3 Å². The Hall–Kier alpha value is -3.80. The van der Waals surface area contributed by atoms with E-state index in [1.807, 2.05) is 49.4 Å². The third-order valence-corrected chi connectivity index (χ3v) is 5.20. The van der Waals surface area contributed by atoms with Gasteiger partial charge in [0.2, 0.25) is 0 Å². The van der Waals surface area contributed by atoms with Crippen molar-refractivity contribution in [2.45, 2.75) is 33.1 Å². The largest absolute Gasteiger partial charge is 0.396 e. The molecule has 31 heavy (non-hydrogen) atoms. The third-order valence-electron chi connectivity index (χ3n) is 5.20. The second-order valence-electron chi connectivity index (χ2n) is 8.54. The maximum Gasteiger partial charge on any atom is 0.255 e. The molecule has 0 radical (unpaired) electrons. The van der Waals surface area contributed by atoms with Crippen molar-refractivity contribution in [1.82, 2.24) is 9.66 Å². The van der Waals surface area contributed by atoms with Crippen LogP contribution in [0.3, 0.4) is 0 Å². The van der Waals surface area contributed by atoms with E-state index in [-0.39, 0.29) is 11.3 Å². The summed E-state index contributed by atoms with van der Waals surface area (Å²) < 4.78 is 1.35. The van der Waals surface area contributed by atoms with Crippen molar-refractivity contribution in [1.29, 1.82) is 0 Å². The molecule has 0 spiro atoms. The molecule has 3 aromatic rings. The van der Waals surface area contributed by atoms with E-state index in [0.717, 1.165) is 16.8 Å². The fourth-order valence-electron chi connectivity index (χ4n) is 3.30. The van der Waals surface area contributed by atoms with Crippen molar-refractivity contribution in [2.75, 3.05) is 11.2 Å². The van der Waals surface area contributed by atoms with Crippen LogP contribution in [0.5, 0.6) is 0 Å². The molecule has 0 aliphatic carbocycles. The lowest BCUT2D eigenvalue weighted by atomic mass is 9.86. The Morgan fingerprint density at radius 3 is 2.42 bits per heavy atom. The van der Waals surface area contributed by atoms with Gasteiger partial charge in [-0.25, -0.2) is 9.66 Å². The second-order valence-corrected chi connectivity index (χ2v) is 8.54. The molecule has 1 amide bonds. The van der Waals surface area contributed by atoms with Crippen molar-refractivity contribution >= 4 is 22.9 Å². The SMILES string of the molecule is C=C(/C=C(/N)c1nccn1N)c1cccc(NC(=O)c2ccc(C(C)(C)C)cc2)c1C. The molecule has 3 rings (SSSR count). The number of nitrogens with two attached hydrogens (primary N) is 2. The van der Waals surface area contributed by atoms with E-state index >= 15 is 0 Å². The molecule has 6 nitrogen and oxygen atoms in total. The molecular formula is C25H29N5O. The summed E-state index contributed by atoms with van der Waals surface area (Å²) in [5, 5.41) is 3.00. The number of carbonyl (C=O) groups is 1. The first-order valence-corrected chi connectivity index (χ1v) is 10.0. The van der Waals surface area contributed by atoms with Crippen molar-refractivity contribution in [3.05, 3.63) is 95.6 Å². The summed E-state index contributed by atoms with van der Waals surface area (Å²) in [7, 11) is 0. The van der Waals surface area contributed by atoms with Crippen LogP contribution in [0.1, 0.15) is 53.6 Å². The van der Waals surface area contributed by atoms with Crippen LogP contribution >= 0.6 is 0 Å². The van der Waals surface area contributed by atoms with E-state index < -0.39 is 0 Å². The molecule has 1 heterocycles. The molecule has 5 N–H and O–H groups in total. The molecule has 1 aromatic heterocycles. The van der Waals surface area contributed by atoms with Gasteiger partial charge in [-0.3, -0.25) is 4.79 Å². The maximum absolute atomic E-state index is 12.8. The summed E-state index contributed by atoms with van der Waals surface area (Å²) in [6.45, 7) is 12.5. The third kappa shape index (κ3) is 4.86. The number of nitrogen functional groups attached to an aromatic ring is 1. The Morgan fingerprint density at radius 1 is 1.16 bits per heavy atom. The van der Waals surface area contributed by atoms with Crippen LogP contribution in [0.4, 0.5) is 5.69 Å². The van der Waals surface area contributed by atoms with Gasteiger partial charge in [0.15, 0.2) is 5.82 Å². The number of carbonyl (C=O) groups excluding carboxylic acids is 1. The van der Waals surface area contributed by atoms with Crippen LogP contribution in [0.2, 0.25) is 0 Å². The molecule has 160 valence electrons. The van der Waals surface area contributed by atoms with Gasteiger partial charge in [-0.05, 0) is 58.9 Å². The lowest BCUT2D eigenvalue weighted by molar-refractivity contribution is 0.102. The molecule has 6 heteroatoms. The molecule has 0 saturated carbocycles. The zero-order valence-electron chi connectivity index (χ0n) is 18.4. The first-order chi connectivity index (χ1) is 14.6. The normalized spacial score (nSPS) is 11.9. The highest BCUT2D eigenvalue weighted by Crippen LogP contribution is 2.27. The second kappa shape index (κ2) is 8.52. The van der Waals surface area contributed by atoms with Crippen molar-refractivity contribution < 1.29 is 4.79 Å². The Labute approximate surface area is 183 Å². The fourth-order valence-corrected chi connectivity index (χ4v) is 3.30. The number of anilines is 1. The lowest BCUT2D eigenvalue weighted by Gasteiger charge is -2.19. The van der Waals surface area contributed by atoms with Gasteiger partial charge < -0.3 is 16.9 Å². The standard InChI is InChI=1S/C25H29N5O/c1-16(15-21(26)23-28-13-14-30(23)27)20-7-6-8-22(17(20)2)29-24(31)18-9-11-19(12-10-18)25(3,4)5/h6-15H,1,26-27H2,2-5H3,(H,29,31)/b21-15+. The minimum absolute atomic E-state index is 0.0384. The van der Waals surface area contributed by atoms with Gasteiger partial charge in [-0.2, -0.15) is 0 Å². The van der Waals surface area contributed by atoms with E-state index in [0.29, 0.717) is 22.7 Å². The average molecular weight is 416 g/mol. The van der Waals surface area contributed by atoms with Crippen molar-refractivity contribution in [3.63, 3.8) is 0 Å². The molecule has 0 bridgehead atoms. The monoisotopic (exact) mass is 415 g/mol. The van der Waals surface area contributed by atoms with E-state index in [2.05, 4.69) is 37.7 Å². The molecule has 0 atom stereocenters. The maximum atomic E-state index is 12.8. The van der Waals surface area contributed by atoms with Crippen LogP contribution in [-0.2, 0) is 5.41 Å². The van der Waals surface area contributed by atoms with E-state index in [4.69, 9.17) is 11.6 Å². The number of benzene rings is 2. The summed E-state index contributed by atoms with van der Waals surface area (Å²) >= 11 is 0. The van der Waals surface area contributed by atoms with Gasteiger partial charge in [-0.1, -0.05) is 51.6 Å². The number of aromatic nitrogens is 2. The van der Waals surface area contributed by atoms with Gasteiger partial charge in [-0.15, -0.1) is 0 Å². The summed E-state index contributed by atoms with van der Waals surface area (Å²) in [4.78, 5) is 16.9.